The minimum atomic E-state index is 0.632. The Morgan fingerprint density at radius 2 is 2.23 bits per heavy atom. The zero-order valence-electron chi connectivity index (χ0n) is 7.76. The molecule has 0 aromatic carbocycles. The molecule has 0 aliphatic heterocycles. The molecular weight excluding hydrogens is 230 g/mol. The van der Waals surface area contributed by atoms with Gasteiger partial charge in [0.05, 0.1) is 0 Å². The Bertz CT molecular complexity index is 289. The lowest BCUT2D eigenvalue weighted by atomic mass is 10.3. The number of nitrogens with one attached hydrogen (secondary N) is 1. The van der Waals surface area contributed by atoms with Gasteiger partial charge in [0.25, 0.3) is 0 Å². The van der Waals surface area contributed by atoms with Crippen LogP contribution in [0.25, 0.3) is 0 Å². The average molecular weight is 244 g/mol. The van der Waals surface area contributed by atoms with Gasteiger partial charge in [-0.25, -0.2) is 4.98 Å². The van der Waals surface area contributed by atoms with Gasteiger partial charge < -0.3 is 9.88 Å². The zero-order valence-corrected chi connectivity index (χ0v) is 9.34. The summed E-state index contributed by atoms with van der Waals surface area (Å²) in [6.07, 6.45) is 7.23. The first-order valence-corrected chi connectivity index (χ1v) is 5.50. The van der Waals surface area contributed by atoms with Gasteiger partial charge in [-0.3, -0.25) is 0 Å². The van der Waals surface area contributed by atoms with Crippen molar-refractivity contribution in [3.05, 3.63) is 10.8 Å². The van der Waals surface area contributed by atoms with Gasteiger partial charge in [0.1, 0.15) is 4.60 Å². The monoisotopic (exact) mass is 243 g/mol. The van der Waals surface area contributed by atoms with E-state index in [-0.39, 0.29) is 0 Å². The topological polar surface area (TPSA) is 29.9 Å². The molecule has 0 saturated heterocycles. The number of imidazole rings is 1. The molecule has 0 radical (unpaired) electrons. The highest BCUT2D eigenvalue weighted by Crippen LogP contribution is 2.22. The molecule has 0 atom stereocenters. The second-order valence-electron chi connectivity index (χ2n) is 3.62. The maximum Gasteiger partial charge on any atom is 0.203 e. The SMILES string of the molecule is Cn1cc(Br)nc1NC1CCCC1. The highest BCUT2D eigenvalue weighted by Gasteiger charge is 2.16. The van der Waals surface area contributed by atoms with Gasteiger partial charge in [0.15, 0.2) is 0 Å². The maximum atomic E-state index is 4.34. The van der Waals surface area contributed by atoms with Gasteiger partial charge in [-0.1, -0.05) is 12.8 Å². The van der Waals surface area contributed by atoms with Gasteiger partial charge in [-0.2, -0.15) is 0 Å². The fourth-order valence-electron chi connectivity index (χ4n) is 1.82. The molecule has 4 heteroatoms. The third-order valence-corrected chi connectivity index (χ3v) is 2.92. The van der Waals surface area contributed by atoms with E-state index < -0.39 is 0 Å². The first kappa shape index (κ1) is 9.06. The standard InChI is InChI=1S/C9H14BrN3/c1-13-6-8(10)12-9(13)11-7-4-2-3-5-7/h6-7H,2-5H2,1H3,(H,11,12). The second-order valence-corrected chi connectivity index (χ2v) is 4.44. The van der Waals surface area contributed by atoms with Gasteiger partial charge in [-0.15, -0.1) is 0 Å². The van der Waals surface area contributed by atoms with Crippen molar-refractivity contribution in [2.45, 2.75) is 31.7 Å². The summed E-state index contributed by atoms with van der Waals surface area (Å²) >= 11 is 3.36. The largest absolute Gasteiger partial charge is 0.353 e. The second kappa shape index (κ2) is 3.70. The molecule has 1 fully saturated rings. The zero-order chi connectivity index (χ0) is 9.26. The Balaban J connectivity index is 2.03. The molecule has 0 amide bonds. The van der Waals surface area contributed by atoms with Gasteiger partial charge in [-0.05, 0) is 28.8 Å². The van der Waals surface area contributed by atoms with Crippen molar-refractivity contribution in [2.75, 3.05) is 5.32 Å². The smallest absolute Gasteiger partial charge is 0.203 e. The Morgan fingerprint density at radius 3 is 2.77 bits per heavy atom. The minimum absolute atomic E-state index is 0.632. The quantitative estimate of drug-likeness (QED) is 0.866. The van der Waals surface area contributed by atoms with Crippen LogP contribution in [0.1, 0.15) is 25.7 Å². The molecule has 72 valence electrons. The van der Waals surface area contributed by atoms with Crippen molar-refractivity contribution in [1.29, 1.82) is 0 Å². The molecular formula is C9H14BrN3. The molecule has 13 heavy (non-hydrogen) atoms. The average Bonchev–Trinajstić information content (AvgIpc) is 2.63. The number of aryl methyl sites for hydroxylation is 1. The van der Waals surface area contributed by atoms with E-state index in [1.165, 1.54) is 25.7 Å². The summed E-state index contributed by atoms with van der Waals surface area (Å²) in [7, 11) is 2.01. The van der Waals surface area contributed by atoms with Crippen LogP contribution in [-0.2, 0) is 7.05 Å². The highest BCUT2D eigenvalue weighted by atomic mass is 79.9. The van der Waals surface area contributed by atoms with E-state index in [9.17, 15) is 0 Å². The van der Waals surface area contributed by atoms with Gasteiger partial charge in [0, 0.05) is 19.3 Å². The third kappa shape index (κ3) is 2.05. The van der Waals surface area contributed by atoms with Crippen molar-refractivity contribution in [1.82, 2.24) is 9.55 Å². The predicted octanol–water partition coefficient (Wildman–Crippen LogP) is 2.54. The van der Waals surface area contributed by atoms with Crippen molar-refractivity contribution >= 4 is 21.9 Å². The van der Waals surface area contributed by atoms with Crippen molar-refractivity contribution in [3.63, 3.8) is 0 Å². The third-order valence-electron chi connectivity index (χ3n) is 2.54. The van der Waals surface area contributed by atoms with Crippen molar-refractivity contribution in [2.24, 2.45) is 7.05 Å². The normalized spacial score (nSPS) is 18.0. The van der Waals surface area contributed by atoms with Gasteiger partial charge in [0.2, 0.25) is 5.95 Å². The lowest BCUT2D eigenvalue weighted by molar-refractivity contribution is 0.732. The number of anilines is 1. The number of halogens is 1. The molecule has 2 rings (SSSR count). The van der Waals surface area contributed by atoms with Crippen LogP contribution in [0, 0.1) is 0 Å². The van der Waals surface area contributed by atoms with Crippen LogP contribution < -0.4 is 5.32 Å². The summed E-state index contributed by atoms with van der Waals surface area (Å²) in [4.78, 5) is 4.34. The summed E-state index contributed by atoms with van der Waals surface area (Å²) in [5.41, 5.74) is 0. The Hall–Kier alpha value is -0.510. The summed E-state index contributed by atoms with van der Waals surface area (Å²) in [5.74, 6) is 0.971. The molecule has 0 unspecified atom stereocenters. The molecule has 1 saturated carbocycles. The van der Waals surface area contributed by atoms with E-state index in [0.717, 1.165) is 10.6 Å². The Labute approximate surface area is 86.7 Å². The lowest BCUT2D eigenvalue weighted by Crippen LogP contribution is -2.17. The van der Waals surface area contributed by atoms with E-state index in [4.69, 9.17) is 0 Å². The summed E-state index contributed by atoms with van der Waals surface area (Å²) < 4.78 is 2.91. The number of hydrogen-bond acceptors (Lipinski definition) is 2. The minimum Gasteiger partial charge on any atom is -0.353 e. The van der Waals surface area contributed by atoms with Crippen molar-refractivity contribution < 1.29 is 0 Å². The van der Waals surface area contributed by atoms with Crippen LogP contribution >= 0.6 is 15.9 Å². The fraction of sp³-hybridized carbons (Fsp3) is 0.667. The number of rotatable bonds is 2. The van der Waals surface area contributed by atoms with E-state index in [1.54, 1.807) is 0 Å². The van der Waals surface area contributed by atoms with Crippen LogP contribution in [0.2, 0.25) is 0 Å². The van der Waals surface area contributed by atoms with Crippen LogP contribution in [0.3, 0.4) is 0 Å². The Morgan fingerprint density at radius 1 is 1.54 bits per heavy atom. The summed E-state index contributed by atoms with van der Waals surface area (Å²) in [5, 5.41) is 3.45. The van der Waals surface area contributed by atoms with E-state index >= 15 is 0 Å². The van der Waals surface area contributed by atoms with Crippen LogP contribution in [-0.4, -0.2) is 15.6 Å². The molecule has 1 aliphatic rings. The molecule has 1 aromatic rings. The predicted molar refractivity (Wildman–Crippen MR) is 56.8 cm³/mol. The Kier molecular flexibility index (Phi) is 2.58. The maximum absolute atomic E-state index is 4.34. The molecule has 0 spiro atoms. The molecule has 1 N–H and O–H groups in total. The first-order valence-electron chi connectivity index (χ1n) is 4.71. The summed E-state index contributed by atoms with van der Waals surface area (Å²) in [6, 6.07) is 0.632. The van der Waals surface area contributed by atoms with Crippen molar-refractivity contribution in [3.8, 4) is 0 Å². The molecule has 1 heterocycles. The van der Waals surface area contributed by atoms with Gasteiger partial charge >= 0.3 is 0 Å². The number of hydrogen-bond donors (Lipinski definition) is 1. The number of nitrogens with zero attached hydrogens (tertiary/aromatic N) is 2. The summed E-state index contributed by atoms with van der Waals surface area (Å²) in [6.45, 7) is 0. The molecule has 0 bridgehead atoms. The van der Waals surface area contributed by atoms with E-state index in [2.05, 4.69) is 26.2 Å². The van der Waals surface area contributed by atoms with E-state index in [0.29, 0.717) is 6.04 Å². The number of aromatic nitrogens is 2. The van der Waals surface area contributed by atoms with Crippen LogP contribution in [0.5, 0.6) is 0 Å². The highest BCUT2D eigenvalue weighted by molar-refractivity contribution is 9.10. The van der Waals surface area contributed by atoms with Crippen LogP contribution in [0.15, 0.2) is 10.8 Å². The molecule has 1 aliphatic carbocycles. The van der Waals surface area contributed by atoms with E-state index in [1.807, 2.05) is 17.8 Å². The molecule has 1 aromatic heterocycles. The first-order chi connectivity index (χ1) is 6.25. The fourth-order valence-corrected chi connectivity index (χ4v) is 2.29. The van der Waals surface area contributed by atoms with Crippen LogP contribution in [0.4, 0.5) is 5.95 Å². The molecule has 3 nitrogen and oxygen atoms in total. The lowest BCUT2D eigenvalue weighted by Gasteiger charge is -2.11.